The van der Waals surface area contributed by atoms with E-state index in [1.54, 1.807) is 16.3 Å². The molecule has 2 aliphatic rings. The second kappa shape index (κ2) is 9.93. The van der Waals surface area contributed by atoms with Gasteiger partial charge in [-0.3, -0.25) is 4.57 Å². The minimum absolute atomic E-state index is 0.00561. The van der Waals surface area contributed by atoms with Gasteiger partial charge in [-0.25, -0.2) is 9.78 Å². The molecular formula is C20H37IN4O4SSi2. The Hall–Kier alpha value is 0.00377. The molecule has 0 bridgehead atoms. The van der Waals surface area contributed by atoms with Gasteiger partial charge >= 0.3 is 22.8 Å². The highest BCUT2D eigenvalue weighted by Gasteiger charge is 2.61. The Bertz CT molecular complexity index is 856. The van der Waals surface area contributed by atoms with Crippen LogP contribution in [0.2, 0.25) is 22.2 Å². The van der Waals surface area contributed by atoms with Crippen molar-refractivity contribution in [1.82, 2.24) is 14.5 Å². The van der Waals surface area contributed by atoms with Crippen molar-refractivity contribution in [3.63, 3.8) is 0 Å². The van der Waals surface area contributed by atoms with Gasteiger partial charge in [0.15, 0.2) is 0 Å². The first kappa shape index (κ1) is 26.6. The highest BCUT2D eigenvalue weighted by molar-refractivity contribution is 14.1. The van der Waals surface area contributed by atoms with E-state index in [0.717, 1.165) is 0 Å². The second-order valence-corrected chi connectivity index (χ2v) is 21.6. The molecule has 1 aromatic heterocycles. The monoisotopic (exact) mass is 612 g/mol. The van der Waals surface area contributed by atoms with Crippen LogP contribution in [0, 0.1) is 0 Å². The number of nitrogens with zero attached hydrogens (tertiary/aromatic N) is 3. The maximum Gasteiger partial charge on any atom is 0.353 e. The van der Waals surface area contributed by atoms with Crippen molar-refractivity contribution >= 4 is 57.4 Å². The van der Waals surface area contributed by atoms with E-state index in [9.17, 15) is 4.79 Å². The van der Waals surface area contributed by atoms with Gasteiger partial charge in [0.1, 0.15) is 11.7 Å². The third kappa shape index (κ3) is 4.61. The molecule has 32 heavy (non-hydrogen) atoms. The molecule has 0 spiro atoms. The Balaban J connectivity index is 2.07. The number of hydrogen-bond donors (Lipinski definition) is 1. The van der Waals surface area contributed by atoms with E-state index in [0.29, 0.717) is 17.7 Å². The second-order valence-electron chi connectivity index (χ2n) is 9.97. The topological polar surface area (TPSA) is 101 Å². The Morgan fingerprint density at radius 1 is 1.09 bits per heavy atom. The van der Waals surface area contributed by atoms with Gasteiger partial charge in [-0.05, 0) is 22.2 Å². The Morgan fingerprint density at radius 2 is 1.66 bits per heavy atom. The smallest absolute Gasteiger partial charge is 0.353 e. The van der Waals surface area contributed by atoms with Gasteiger partial charge in [-0.1, -0.05) is 78.0 Å². The number of anilines is 1. The van der Waals surface area contributed by atoms with Crippen LogP contribution in [0.5, 0.6) is 0 Å². The van der Waals surface area contributed by atoms with Gasteiger partial charge in [-0.15, -0.1) is 11.8 Å². The van der Waals surface area contributed by atoms with Crippen molar-refractivity contribution in [1.29, 1.82) is 0 Å². The maximum absolute atomic E-state index is 12.6. The minimum atomic E-state index is -2.68. The van der Waals surface area contributed by atoms with Crippen molar-refractivity contribution in [2.24, 2.45) is 0 Å². The fourth-order valence-electron chi connectivity index (χ4n) is 4.86. The number of nitrogen functional groups attached to an aromatic ring is 1. The molecule has 182 valence electrons. The quantitative estimate of drug-likeness (QED) is 0.293. The highest BCUT2D eigenvalue weighted by atomic mass is 127. The molecule has 8 nitrogen and oxygen atoms in total. The summed E-state index contributed by atoms with van der Waals surface area (Å²) >= 11 is 4.14. The van der Waals surface area contributed by atoms with E-state index >= 15 is 0 Å². The van der Waals surface area contributed by atoms with Crippen molar-refractivity contribution in [2.75, 3.05) is 12.3 Å². The molecule has 1 aromatic rings. The van der Waals surface area contributed by atoms with Crippen LogP contribution in [0.3, 0.4) is 0 Å². The van der Waals surface area contributed by atoms with E-state index < -0.39 is 17.1 Å². The first-order chi connectivity index (χ1) is 14.9. The molecular weight excluding hydrogens is 575 g/mol. The molecule has 0 saturated carbocycles. The zero-order valence-corrected chi connectivity index (χ0v) is 25.2. The molecule has 4 atom stereocenters. The standard InChI is InChI=1S/C20H37IN4O4SSi2/c1-11(2)31(12(3)4)27-9-15-17(28-32(29-31,13(5)6)14(7)8)16(21)18(30-15)25-10-23-19(22)24-20(25)26/h10-18H,9H2,1-8H3,(H2,22,24,26)/t15-,16-,17-,18-/m1/s1. The maximum atomic E-state index is 12.6. The lowest BCUT2D eigenvalue weighted by Crippen LogP contribution is -2.65. The molecule has 2 aliphatic heterocycles. The average Bonchev–Trinajstić information content (AvgIpc) is 2.96. The van der Waals surface area contributed by atoms with E-state index in [1.165, 1.54) is 6.33 Å². The summed E-state index contributed by atoms with van der Waals surface area (Å²) < 4.78 is 22.9. The SMILES string of the molecule is CC(C)[Si]1(C(C)C)OC[C@H]2S[C@@H](n3cnc(N)nc3=O)[C@H](I)[C@@H]2O[Si](C(C)C)(C(C)C)O1. The van der Waals surface area contributed by atoms with Crippen LogP contribution >= 0.6 is 34.4 Å². The van der Waals surface area contributed by atoms with E-state index in [1.807, 2.05) is 0 Å². The zero-order chi connectivity index (χ0) is 24.0. The lowest BCUT2D eigenvalue weighted by atomic mass is 10.2. The number of hydrogen-bond acceptors (Lipinski definition) is 8. The van der Waals surface area contributed by atoms with Crippen LogP contribution in [0.25, 0.3) is 0 Å². The first-order valence-corrected chi connectivity index (χ1v) is 17.5. The molecule has 0 amide bonds. The fraction of sp³-hybridized carbons (Fsp3) is 0.850. The van der Waals surface area contributed by atoms with Gasteiger partial charge in [0.05, 0.1) is 21.9 Å². The summed E-state index contributed by atoms with van der Waals surface area (Å²) in [5.41, 5.74) is 6.37. The Morgan fingerprint density at radius 3 is 2.16 bits per heavy atom. The third-order valence-corrected chi connectivity index (χ3v) is 20.3. The molecule has 3 heterocycles. The zero-order valence-electron chi connectivity index (χ0n) is 20.2. The third-order valence-electron chi connectivity index (χ3n) is 6.62. The molecule has 2 fully saturated rings. The van der Waals surface area contributed by atoms with Gasteiger partial charge < -0.3 is 18.7 Å². The van der Waals surface area contributed by atoms with E-state index in [-0.39, 0.29) is 43.4 Å². The lowest BCUT2D eigenvalue weighted by molar-refractivity contribution is 0.0756. The number of halogens is 1. The predicted octanol–water partition coefficient (Wildman–Crippen LogP) is 4.59. The molecule has 0 aromatic carbocycles. The van der Waals surface area contributed by atoms with Crippen LogP contribution in [0.4, 0.5) is 5.95 Å². The lowest BCUT2D eigenvalue weighted by Gasteiger charge is -2.51. The summed E-state index contributed by atoms with van der Waals surface area (Å²) in [6.45, 7) is 18.4. The van der Waals surface area contributed by atoms with Gasteiger partial charge in [-0.2, -0.15) is 4.98 Å². The van der Waals surface area contributed by atoms with Crippen LogP contribution in [-0.4, -0.2) is 53.5 Å². The predicted molar refractivity (Wildman–Crippen MR) is 143 cm³/mol. The summed E-state index contributed by atoms with van der Waals surface area (Å²) in [5.74, 6) is -0.00561. The molecule has 2 N–H and O–H groups in total. The summed E-state index contributed by atoms with van der Waals surface area (Å²) in [6.07, 6.45) is 1.42. The average molecular weight is 613 g/mol. The number of thioether (sulfide) groups is 1. The summed E-state index contributed by atoms with van der Waals surface area (Å²) in [7, 11) is -5.25. The van der Waals surface area contributed by atoms with Crippen LogP contribution in [0.15, 0.2) is 11.1 Å². The van der Waals surface area contributed by atoms with Crippen molar-refractivity contribution in [3.05, 3.63) is 16.8 Å². The van der Waals surface area contributed by atoms with Gasteiger partial charge in [0.2, 0.25) is 5.95 Å². The Kier molecular flexibility index (Phi) is 8.26. The fourth-order valence-corrected chi connectivity index (χ4v) is 19.9. The molecule has 0 radical (unpaired) electrons. The minimum Gasteiger partial charge on any atom is -0.414 e. The van der Waals surface area contributed by atoms with E-state index in [4.69, 9.17) is 18.7 Å². The number of rotatable bonds is 5. The summed E-state index contributed by atoms with van der Waals surface area (Å²) in [4.78, 5) is 20.5. The molecule has 3 rings (SSSR count). The summed E-state index contributed by atoms with van der Waals surface area (Å²) in [5, 5.41) is -0.0513. The van der Waals surface area contributed by atoms with Crippen molar-refractivity contribution in [2.45, 2.75) is 98.2 Å². The van der Waals surface area contributed by atoms with Crippen molar-refractivity contribution < 1.29 is 13.0 Å². The molecule has 12 heteroatoms. The van der Waals surface area contributed by atoms with Crippen LogP contribution < -0.4 is 11.4 Å². The Labute approximate surface area is 211 Å². The molecule has 0 unspecified atom stereocenters. The number of aromatic nitrogens is 3. The van der Waals surface area contributed by atoms with Crippen molar-refractivity contribution in [3.8, 4) is 0 Å². The van der Waals surface area contributed by atoms with E-state index in [2.05, 4.69) is 87.9 Å². The summed E-state index contributed by atoms with van der Waals surface area (Å²) in [6, 6.07) is 0. The molecule has 2 saturated heterocycles. The number of nitrogens with two attached hydrogens (primary N) is 1. The first-order valence-electron chi connectivity index (χ1n) is 11.4. The largest absolute Gasteiger partial charge is 0.414 e. The normalized spacial score (nSPS) is 30.0. The van der Waals surface area contributed by atoms with Gasteiger partial charge in [0.25, 0.3) is 0 Å². The van der Waals surface area contributed by atoms with Crippen LogP contribution in [0.1, 0.15) is 60.8 Å². The molecule has 0 aliphatic carbocycles. The number of fused-ring (bicyclic) bond motifs is 1. The van der Waals surface area contributed by atoms with Gasteiger partial charge in [0, 0.05) is 0 Å². The number of alkyl halides is 1. The highest BCUT2D eigenvalue weighted by Crippen LogP contribution is 2.53. The van der Waals surface area contributed by atoms with Crippen LogP contribution in [-0.2, 0) is 13.0 Å².